The summed E-state index contributed by atoms with van der Waals surface area (Å²) >= 11 is 1.75. The summed E-state index contributed by atoms with van der Waals surface area (Å²) in [5.74, 6) is 2.48. The van der Waals surface area contributed by atoms with Crippen LogP contribution in [0.1, 0.15) is 41.4 Å². The van der Waals surface area contributed by atoms with Crippen molar-refractivity contribution in [2.75, 3.05) is 25.4 Å². The Bertz CT molecular complexity index is 1520. The average molecular weight is 514 g/mol. The molecular formula is C29H31N5O2S. The third-order valence-corrected chi connectivity index (χ3v) is 9.07. The Labute approximate surface area is 220 Å². The van der Waals surface area contributed by atoms with Crippen LogP contribution < -0.4 is 0 Å². The molecule has 190 valence electrons. The molecule has 37 heavy (non-hydrogen) atoms. The van der Waals surface area contributed by atoms with Crippen LogP contribution in [0, 0.1) is 12.8 Å². The number of phenolic OH excluding ortho intramolecular Hbond substituents is 1. The van der Waals surface area contributed by atoms with E-state index in [1.807, 2.05) is 44.3 Å². The molecule has 4 aromatic rings. The van der Waals surface area contributed by atoms with Crippen molar-refractivity contribution in [2.45, 2.75) is 37.3 Å². The molecule has 2 aromatic carbocycles. The topological polar surface area (TPSA) is 84.1 Å². The fraction of sp³-hybridized carbons (Fsp3) is 0.379. The number of ketones is 1. The van der Waals surface area contributed by atoms with Gasteiger partial charge in [0, 0.05) is 47.9 Å². The molecule has 6 rings (SSSR count). The highest BCUT2D eigenvalue weighted by Crippen LogP contribution is 2.59. The second-order valence-corrected chi connectivity index (χ2v) is 11.5. The number of nitrogens with zero attached hydrogens (tertiary/aromatic N) is 5. The maximum atomic E-state index is 11.9. The van der Waals surface area contributed by atoms with Gasteiger partial charge in [0.25, 0.3) is 0 Å². The summed E-state index contributed by atoms with van der Waals surface area (Å²) in [6.07, 6.45) is 2.24. The predicted octanol–water partition coefficient (Wildman–Crippen LogP) is 5.00. The minimum atomic E-state index is -0.0843. The van der Waals surface area contributed by atoms with E-state index in [2.05, 4.69) is 36.8 Å². The second-order valence-electron chi connectivity index (χ2n) is 10.5. The van der Waals surface area contributed by atoms with Gasteiger partial charge in [-0.3, -0.25) is 9.78 Å². The van der Waals surface area contributed by atoms with Gasteiger partial charge in [0.05, 0.1) is 11.1 Å². The molecule has 1 aliphatic carbocycles. The molecule has 8 heteroatoms. The lowest BCUT2D eigenvalue weighted by atomic mass is 9.92. The number of thioether (sulfide) groups is 1. The zero-order valence-corrected chi connectivity index (χ0v) is 22.3. The van der Waals surface area contributed by atoms with Crippen LogP contribution in [0.4, 0.5) is 0 Å². The fourth-order valence-corrected chi connectivity index (χ4v) is 6.75. The second kappa shape index (κ2) is 9.26. The molecule has 0 radical (unpaired) electrons. The molecule has 1 N–H and O–H groups in total. The van der Waals surface area contributed by atoms with Gasteiger partial charge < -0.3 is 14.6 Å². The number of pyridine rings is 1. The summed E-state index contributed by atoms with van der Waals surface area (Å²) in [4.78, 5) is 19.1. The number of carbonyl (C=O) groups is 1. The lowest BCUT2D eigenvalue weighted by molar-refractivity contribution is 0.101. The number of aromatic hydroxyl groups is 1. The Hall–Kier alpha value is -3.23. The van der Waals surface area contributed by atoms with E-state index in [0.717, 1.165) is 64.9 Å². The number of rotatable bonds is 8. The van der Waals surface area contributed by atoms with E-state index < -0.39 is 0 Å². The quantitative estimate of drug-likeness (QED) is 0.202. The van der Waals surface area contributed by atoms with E-state index in [1.165, 1.54) is 18.9 Å². The summed E-state index contributed by atoms with van der Waals surface area (Å²) in [6.45, 7) is 6.68. The van der Waals surface area contributed by atoms with E-state index in [9.17, 15) is 9.90 Å². The van der Waals surface area contributed by atoms with Gasteiger partial charge in [-0.1, -0.05) is 36.0 Å². The number of carbonyl (C=O) groups excluding carboxylic acids is 1. The normalized spacial score (nSPS) is 20.9. The predicted molar refractivity (Wildman–Crippen MR) is 146 cm³/mol. The highest BCUT2D eigenvalue weighted by Gasteiger charge is 2.60. The number of aromatic nitrogens is 4. The standard InChI is InChI=1S/C29H31N5O2S/c1-18-8-10-22-23(6-4-7-25(22)30-18)27-31-32-28(33(27)3)37-13-5-12-34-16-21-15-29(21,17-34)20-9-11-26(36)24(14-20)19(2)35/h4,6-11,14,21,36H,5,12-13,15-17H2,1-3H3/t21-,29+/m0/s1. The van der Waals surface area contributed by atoms with Crippen LogP contribution in [-0.2, 0) is 12.5 Å². The molecule has 2 aromatic heterocycles. The number of hydrogen-bond donors (Lipinski definition) is 1. The number of phenols is 1. The molecular weight excluding hydrogens is 482 g/mol. The van der Waals surface area contributed by atoms with Crippen molar-refractivity contribution in [3.63, 3.8) is 0 Å². The van der Waals surface area contributed by atoms with Crippen molar-refractivity contribution in [3.05, 3.63) is 65.4 Å². The summed E-state index contributed by atoms with van der Waals surface area (Å²) in [5, 5.41) is 21.0. The fourth-order valence-electron chi connectivity index (χ4n) is 5.91. The number of piperidine rings is 1. The van der Waals surface area contributed by atoms with Crippen molar-refractivity contribution < 1.29 is 9.90 Å². The minimum absolute atomic E-state index is 0.0795. The van der Waals surface area contributed by atoms with E-state index in [1.54, 1.807) is 17.8 Å². The molecule has 7 nitrogen and oxygen atoms in total. The lowest BCUT2D eigenvalue weighted by Gasteiger charge is -2.21. The molecule has 1 aliphatic heterocycles. The molecule has 2 aliphatic rings. The molecule has 2 atom stereocenters. The first-order chi connectivity index (χ1) is 17.9. The Morgan fingerprint density at radius 2 is 2.05 bits per heavy atom. The zero-order chi connectivity index (χ0) is 25.7. The van der Waals surface area contributed by atoms with Crippen LogP contribution in [0.2, 0.25) is 0 Å². The molecule has 0 bridgehead atoms. The van der Waals surface area contributed by atoms with Crippen molar-refractivity contribution in [3.8, 4) is 17.1 Å². The molecule has 0 spiro atoms. The molecule has 2 fully saturated rings. The molecule has 0 amide bonds. The first-order valence-electron chi connectivity index (χ1n) is 12.8. The first kappa shape index (κ1) is 24.1. The third-order valence-electron chi connectivity index (χ3n) is 7.96. The van der Waals surface area contributed by atoms with Crippen LogP contribution in [-0.4, -0.2) is 60.9 Å². The number of hydrogen-bond acceptors (Lipinski definition) is 7. The van der Waals surface area contributed by atoms with E-state index in [0.29, 0.717) is 11.5 Å². The number of likely N-dealkylation sites (tertiary alicyclic amines) is 1. The maximum Gasteiger partial charge on any atom is 0.191 e. The molecule has 1 saturated heterocycles. The van der Waals surface area contributed by atoms with Gasteiger partial charge in [0.15, 0.2) is 16.8 Å². The van der Waals surface area contributed by atoms with Crippen LogP contribution in [0.3, 0.4) is 0 Å². The van der Waals surface area contributed by atoms with Crippen molar-refractivity contribution in [2.24, 2.45) is 13.0 Å². The van der Waals surface area contributed by atoms with Crippen LogP contribution in [0.5, 0.6) is 5.75 Å². The van der Waals surface area contributed by atoms with Gasteiger partial charge in [-0.25, -0.2) is 0 Å². The lowest BCUT2D eigenvalue weighted by Crippen LogP contribution is -2.28. The number of fused-ring (bicyclic) bond motifs is 2. The first-order valence-corrected chi connectivity index (χ1v) is 13.8. The zero-order valence-electron chi connectivity index (χ0n) is 21.4. The Kier molecular flexibility index (Phi) is 6.04. The van der Waals surface area contributed by atoms with Gasteiger partial charge in [-0.05, 0) is 69.0 Å². The highest BCUT2D eigenvalue weighted by molar-refractivity contribution is 7.99. The smallest absolute Gasteiger partial charge is 0.191 e. The van der Waals surface area contributed by atoms with E-state index >= 15 is 0 Å². The minimum Gasteiger partial charge on any atom is -0.507 e. The Morgan fingerprint density at radius 3 is 2.89 bits per heavy atom. The third kappa shape index (κ3) is 4.32. The van der Waals surface area contributed by atoms with Crippen molar-refractivity contribution in [1.29, 1.82) is 0 Å². The highest BCUT2D eigenvalue weighted by atomic mass is 32.2. The van der Waals surface area contributed by atoms with Crippen LogP contribution in [0.15, 0.2) is 53.7 Å². The Balaban J connectivity index is 1.07. The van der Waals surface area contributed by atoms with Crippen LogP contribution >= 0.6 is 11.8 Å². The number of benzene rings is 2. The number of Topliss-reactive ketones (excluding diaryl/α,β-unsaturated/α-hetero) is 1. The molecule has 3 heterocycles. The summed E-state index contributed by atoms with van der Waals surface area (Å²) < 4.78 is 2.08. The van der Waals surface area contributed by atoms with Gasteiger partial charge in [-0.15, -0.1) is 10.2 Å². The summed E-state index contributed by atoms with van der Waals surface area (Å²) in [6, 6.07) is 15.9. The monoisotopic (exact) mass is 513 g/mol. The summed E-state index contributed by atoms with van der Waals surface area (Å²) in [7, 11) is 2.03. The average Bonchev–Trinajstić information content (AvgIpc) is 3.25. The van der Waals surface area contributed by atoms with Crippen molar-refractivity contribution in [1.82, 2.24) is 24.6 Å². The summed E-state index contributed by atoms with van der Waals surface area (Å²) in [5.41, 5.74) is 4.81. The van der Waals surface area contributed by atoms with E-state index in [-0.39, 0.29) is 16.9 Å². The number of aryl methyl sites for hydroxylation is 1. The van der Waals surface area contributed by atoms with Crippen LogP contribution in [0.25, 0.3) is 22.3 Å². The SMILES string of the molecule is CC(=O)c1cc([C@]23C[C@H]2CN(CCCSc2nnc(-c4cccc5nc(C)ccc45)n2C)C3)ccc1O. The molecule has 0 unspecified atom stereocenters. The van der Waals surface area contributed by atoms with Gasteiger partial charge in [0.1, 0.15) is 5.75 Å². The van der Waals surface area contributed by atoms with E-state index in [4.69, 9.17) is 0 Å². The Morgan fingerprint density at radius 1 is 1.19 bits per heavy atom. The molecule has 1 saturated carbocycles. The largest absolute Gasteiger partial charge is 0.507 e. The maximum absolute atomic E-state index is 11.9. The van der Waals surface area contributed by atoms with Gasteiger partial charge in [0.2, 0.25) is 0 Å². The van der Waals surface area contributed by atoms with Gasteiger partial charge >= 0.3 is 0 Å². The van der Waals surface area contributed by atoms with Crippen molar-refractivity contribution >= 4 is 28.4 Å². The van der Waals surface area contributed by atoms with Gasteiger partial charge in [-0.2, -0.15) is 0 Å².